The molecule has 0 saturated heterocycles. The van der Waals surface area contributed by atoms with E-state index in [1.807, 2.05) is 19.1 Å². The molecule has 0 bridgehead atoms. The van der Waals surface area contributed by atoms with E-state index in [2.05, 4.69) is 9.69 Å². The van der Waals surface area contributed by atoms with Gasteiger partial charge in [-0.1, -0.05) is 31.2 Å². The summed E-state index contributed by atoms with van der Waals surface area (Å²) in [5.74, 6) is -2.20. The number of methoxy groups -OCH3 is 2. The fraction of sp³-hybridized carbons (Fsp3) is 0.296. The van der Waals surface area contributed by atoms with E-state index in [4.69, 9.17) is 25.7 Å². The number of carbonyl (C=O) groups excluding carboxylic acids is 4. The van der Waals surface area contributed by atoms with Crippen molar-refractivity contribution in [3.05, 3.63) is 64.2 Å². The molecule has 40 heavy (non-hydrogen) atoms. The van der Waals surface area contributed by atoms with Gasteiger partial charge in [0.05, 0.1) is 26.5 Å². The number of hydrogen-bond donors (Lipinski definition) is 3. The minimum absolute atomic E-state index is 0.0802. The van der Waals surface area contributed by atoms with Crippen molar-refractivity contribution in [1.29, 1.82) is 0 Å². The molecule has 13 heteroatoms. The van der Waals surface area contributed by atoms with E-state index >= 15 is 0 Å². The van der Waals surface area contributed by atoms with Crippen LogP contribution in [0.2, 0.25) is 0 Å². The molecule has 1 heterocycles. The zero-order valence-corrected chi connectivity index (χ0v) is 23.4. The number of esters is 1. The summed E-state index contributed by atoms with van der Waals surface area (Å²) < 4.78 is 19.7. The molecule has 0 unspecified atom stereocenters. The molecule has 2 aromatic carbocycles. The fourth-order valence-corrected chi connectivity index (χ4v) is 4.80. The van der Waals surface area contributed by atoms with Gasteiger partial charge in [0.1, 0.15) is 17.5 Å². The van der Waals surface area contributed by atoms with Crippen LogP contribution in [-0.4, -0.2) is 55.4 Å². The van der Waals surface area contributed by atoms with Crippen molar-refractivity contribution in [3.8, 4) is 11.5 Å². The molecule has 212 valence electrons. The van der Waals surface area contributed by atoms with Crippen LogP contribution in [0.5, 0.6) is 11.5 Å². The Labute approximate surface area is 235 Å². The number of aryl methyl sites for hydroxylation is 1. The van der Waals surface area contributed by atoms with Crippen molar-refractivity contribution < 1.29 is 33.4 Å². The van der Waals surface area contributed by atoms with Gasteiger partial charge < -0.3 is 31.0 Å². The highest BCUT2D eigenvalue weighted by molar-refractivity contribution is 7.09. The number of anilines is 2. The number of amides is 3. The Morgan fingerprint density at radius 1 is 1.05 bits per heavy atom. The number of aromatic nitrogens is 1. The minimum atomic E-state index is -1.33. The van der Waals surface area contributed by atoms with Crippen molar-refractivity contribution in [3.63, 3.8) is 0 Å². The average molecular weight is 570 g/mol. The summed E-state index contributed by atoms with van der Waals surface area (Å²) in [7, 11) is 2.91. The summed E-state index contributed by atoms with van der Waals surface area (Å²) in [6.07, 6.45) is 0.522. The summed E-state index contributed by atoms with van der Waals surface area (Å²) in [6, 6.07) is 10.5. The molecule has 0 fully saturated rings. The predicted octanol–water partition coefficient (Wildman–Crippen LogP) is 2.47. The molecule has 0 radical (unpaired) electrons. The van der Waals surface area contributed by atoms with Gasteiger partial charge in [0.25, 0.3) is 11.8 Å². The van der Waals surface area contributed by atoms with Crippen LogP contribution in [-0.2, 0) is 20.7 Å². The molecule has 0 saturated carbocycles. The van der Waals surface area contributed by atoms with E-state index in [0.29, 0.717) is 40.7 Å². The van der Waals surface area contributed by atoms with E-state index in [0.717, 1.165) is 5.56 Å². The van der Waals surface area contributed by atoms with Gasteiger partial charge in [-0.15, -0.1) is 0 Å². The molecule has 0 spiro atoms. The summed E-state index contributed by atoms with van der Waals surface area (Å²) in [4.78, 5) is 53.2. The molecule has 0 aliphatic heterocycles. The molecule has 0 aliphatic rings. The average Bonchev–Trinajstić information content (AvgIpc) is 3.35. The van der Waals surface area contributed by atoms with E-state index in [1.165, 1.54) is 19.1 Å². The molecule has 1 aromatic heterocycles. The van der Waals surface area contributed by atoms with Crippen LogP contribution in [0, 0.1) is 0 Å². The number of para-hydroxylation sites is 1. The second kappa shape index (κ2) is 13.4. The first-order valence-corrected chi connectivity index (χ1v) is 13.1. The van der Waals surface area contributed by atoms with Crippen LogP contribution in [0.1, 0.15) is 51.2 Å². The molecule has 5 N–H and O–H groups in total. The van der Waals surface area contributed by atoms with E-state index in [1.54, 1.807) is 37.3 Å². The van der Waals surface area contributed by atoms with Crippen LogP contribution in [0.3, 0.4) is 0 Å². The Hall–Kier alpha value is -4.65. The number of nitrogen functional groups attached to an aromatic ring is 1. The molecular weight excluding hydrogens is 538 g/mol. The van der Waals surface area contributed by atoms with E-state index in [9.17, 15) is 19.2 Å². The maximum atomic E-state index is 14.2. The third kappa shape index (κ3) is 6.31. The topological polar surface area (TPSA) is 176 Å². The maximum Gasteiger partial charge on any atom is 0.325 e. The first kappa shape index (κ1) is 29.9. The van der Waals surface area contributed by atoms with Gasteiger partial charge in [-0.2, -0.15) is 4.37 Å². The predicted molar refractivity (Wildman–Crippen MR) is 150 cm³/mol. The Morgan fingerprint density at radius 2 is 1.75 bits per heavy atom. The lowest BCUT2D eigenvalue weighted by molar-refractivity contribution is -0.143. The number of benzene rings is 2. The third-order valence-electron chi connectivity index (χ3n) is 5.95. The Morgan fingerprint density at radius 3 is 2.35 bits per heavy atom. The number of carbonyl (C=O) groups is 4. The zero-order valence-electron chi connectivity index (χ0n) is 22.6. The lowest BCUT2D eigenvalue weighted by Crippen LogP contribution is -2.45. The van der Waals surface area contributed by atoms with Crippen molar-refractivity contribution in [2.45, 2.75) is 26.3 Å². The van der Waals surface area contributed by atoms with Crippen LogP contribution in [0.25, 0.3) is 0 Å². The molecular formula is C27H31N5O7S. The summed E-state index contributed by atoms with van der Waals surface area (Å²) in [5.41, 5.74) is 12.6. The van der Waals surface area contributed by atoms with Crippen molar-refractivity contribution in [2.75, 3.05) is 38.0 Å². The van der Waals surface area contributed by atoms with Gasteiger partial charge in [0.15, 0.2) is 17.2 Å². The SMILES string of the molecule is CCOC(=O)CNC(=O)[C@H](c1ccc(OC)c(OC)c1)N(C(=O)c1snc(C(N)=O)c1N)c1ccccc1CC. The summed E-state index contributed by atoms with van der Waals surface area (Å²) in [6.45, 7) is 3.26. The quantitative estimate of drug-likeness (QED) is 0.277. The highest BCUT2D eigenvalue weighted by atomic mass is 32.1. The first-order valence-electron chi connectivity index (χ1n) is 12.3. The Kier molecular flexibility index (Phi) is 10.0. The highest BCUT2D eigenvalue weighted by Crippen LogP contribution is 2.38. The van der Waals surface area contributed by atoms with Crippen LogP contribution in [0.4, 0.5) is 11.4 Å². The number of nitrogens with two attached hydrogens (primary N) is 2. The van der Waals surface area contributed by atoms with Crippen LogP contribution >= 0.6 is 11.5 Å². The van der Waals surface area contributed by atoms with Crippen LogP contribution in [0.15, 0.2) is 42.5 Å². The largest absolute Gasteiger partial charge is 0.493 e. The lowest BCUT2D eigenvalue weighted by atomic mass is 9.99. The van der Waals surface area contributed by atoms with Gasteiger partial charge in [0, 0.05) is 5.69 Å². The number of rotatable bonds is 12. The number of primary amides is 1. The number of hydrogen-bond acceptors (Lipinski definition) is 10. The summed E-state index contributed by atoms with van der Waals surface area (Å²) in [5, 5.41) is 2.57. The molecule has 3 aromatic rings. The highest BCUT2D eigenvalue weighted by Gasteiger charge is 2.37. The number of ether oxygens (including phenoxy) is 3. The van der Waals surface area contributed by atoms with Gasteiger partial charge in [-0.05, 0) is 54.2 Å². The summed E-state index contributed by atoms with van der Waals surface area (Å²) >= 11 is 0.694. The van der Waals surface area contributed by atoms with Gasteiger partial charge in [0.2, 0.25) is 5.91 Å². The Balaban J connectivity index is 2.26. The standard InChI is InChI=1S/C27H31N5O7S/c1-5-15-9-7-8-10-17(15)32(27(36)24-21(28)22(25(29)34)31-40-24)23(26(35)30-14-20(33)39-6-2)16-11-12-18(37-3)19(13-16)38-4/h7-13,23H,5-6,14,28H2,1-4H3,(H2,29,34)(H,30,35)/t23-/m0/s1. The van der Waals surface area contributed by atoms with Crippen molar-refractivity contribution in [1.82, 2.24) is 9.69 Å². The lowest BCUT2D eigenvalue weighted by Gasteiger charge is -2.32. The van der Waals surface area contributed by atoms with Crippen LogP contribution < -0.4 is 31.2 Å². The van der Waals surface area contributed by atoms with E-state index < -0.39 is 36.3 Å². The normalized spacial score (nSPS) is 11.3. The molecule has 0 aliphatic carbocycles. The van der Waals surface area contributed by atoms with Gasteiger partial charge in [-0.3, -0.25) is 24.1 Å². The van der Waals surface area contributed by atoms with Gasteiger partial charge >= 0.3 is 5.97 Å². The number of nitrogens with one attached hydrogen (secondary N) is 1. The Bertz CT molecular complexity index is 1410. The second-order valence-corrected chi connectivity index (χ2v) is 9.11. The van der Waals surface area contributed by atoms with Crippen molar-refractivity contribution >= 4 is 46.6 Å². The first-order chi connectivity index (χ1) is 19.2. The molecule has 3 amide bonds. The molecule has 3 rings (SSSR count). The zero-order chi connectivity index (χ0) is 29.4. The van der Waals surface area contributed by atoms with Crippen molar-refractivity contribution in [2.24, 2.45) is 5.73 Å². The third-order valence-corrected chi connectivity index (χ3v) is 6.80. The van der Waals surface area contributed by atoms with Gasteiger partial charge in [-0.25, -0.2) is 0 Å². The smallest absolute Gasteiger partial charge is 0.325 e. The monoisotopic (exact) mass is 569 g/mol. The number of nitrogens with zero attached hydrogens (tertiary/aromatic N) is 2. The maximum absolute atomic E-state index is 14.2. The second-order valence-electron chi connectivity index (χ2n) is 8.34. The van der Waals surface area contributed by atoms with E-state index in [-0.39, 0.29) is 22.9 Å². The fourth-order valence-electron chi connectivity index (χ4n) is 4.06. The minimum Gasteiger partial charge on any atom is -0.493 e. The molecule has 12 nitrogen and oxygen atoms in total. The molecule has 1 atom stereocenters.